The molecular formula is C55H99N7O24. The summed E-state index contributed by atoms with van der Waals surface area (Å²) >= 11 is 0. The highest BCUT2D eigenvalue weighted by Crippen LogP contribution is 2.24. The van der Waals surface area contributed by atoms with Gasteiger partial charge in [-0.2, -0.15) is 0 Å². The molecular weight excluding hydrogens is 1140 g/mol. The van der Waals surface area contributed by atoms with Gasteiger partial charge in [-0.05, 0) is 58.4 Å². The number of amides is 5. The van der Waals surface area contributed by atoms with E-state index in [0.29, 0.717) is 96.6 Å². The minimum absolute atomic E-state index is 0.0102. The van der Waals surface area contributed by atoms with Crippen LogP contribution in [-0.4, -0.2) is 304 Å². The van der Waals surface area contributed by atoms with Gasteiger partial charge >= 0.3 is 0 Å². The number of aliphatic hydroxyl groups excluding tert-OH is 11. The minimum atomic E-state index is -1.65. The van der Waals surface area contributed by atoms with Crippen molar-refractivity contribution in [3.8, 4) is 0 Å². The van der Waals surface area contributed by atoms with E-state index in [1.807, 2.05) is 6.92 Å². The first-order valence-electron chi connectivity index (χ1n) is 30.1. The third-order valence-corrected chi connectivity index (χ3v) is 14.7. The van der Waals surface area contributed by atoms with Gasteiger partial charge in [0.05, 0.1) is 71.9 Å². The van der Waals surface area contributed by atoms with E-state index in [2.05, 4.69) is 26.6 Å². The van der Waals surface area contributed by atoms with Gasteiger partial charge in [-0.1, -0.05) is 32.6 Å². The van der Waals surface area contributed by atoms with Crippen molar-refractivity contribution in [2.75, 3.05) is 105 Å². The van der Waals surface area contributed by atoms with Crippen LogP contribution < -0.4 is 26.6 Å². The lowest BCUT2D eigenvalue weighted by Gasteiger charge is -2.39. The highest BCUT2D eigenvalue weighted by Gasteiger charge is 2.46. The number of carbonyl (C=O) groups excluding carboxylic acids is 7. The Balaban J connectivity index is 1.44. The van der Waals surface area contributed by atoms with Crippen molar-refractivity contribution in [3.63, 3.8) is 0 Å². The number of aliphatic hydroxyl groups is 11. The normalized spacial score (nSPS) is 27.6. The lowest BCUT2D eigenvalue weighted by molar-refractivity contribution is -0.300. The summed E-state index contributed by atoms with van der Waals surface area (Å²) in [5, 5.41) is 123. The Labute approximate surface area is 501 Å². The zero-order valence-electron chi connectivity index (χ0n) is 49.7. The molecule has 5 amide bonds. The molecule has 16 N–H and O–H groups in total. The number of ketones is 2. The van der Waals surface area contributed by atoms with Crippen LogP contribution in [0.4, 0.5) is 0 Å². The third-order valence-electron chi connectivity index (χ3n) is 14.7. The van der Waals surface area contributed by atoms with Gasteiger partial charge in [0, 0.05) is 58.4 Å². The Bertz CT molecular complexity index is 1930. The van der Waals surface area contributed by atoms with E-state index < -0.39 is 129 Å². The second-order valence-corrected chi connectivity index (χ2v) is 21.9. The van der Waals surface area contributed by atoms with Crippen molar-refractivity contribution in [1.29, 1.82) is 0 Å². The minimum Gasteiger partial charge on any atom is -0.394 e. The maximum atomic E-state index is 13.2. The van der Waals surface area contributed by atoms with Gasteiger partial charge in [0.25, 0.3) is 0 Å². The molecule has 0 aromatic rings. The summed E-state index contributed by atoms with van der Waals surface area (Å²) in [7, 11) is 0. The van der Waals surface area contributed by atoms with Crippen molar-refractivity contribution in [2.45, 2.75) is 202 Å². The van der Waals surface area contributed by atoms with Crippen molar-refractivity contribution < 1.29 is 118 Å². The largest absolute Gasteiger partial charge is 0.394 e. The number of hydrogen-bond acceptors (Lipinski definition) is 26. The number of nitrogens with zero attached hydrogens (tertiary/aromatic N) is 2. The Kier molecular flexibility index (Phi) is 37.9. The van der Waals surface area contributed by atoms with Gasteiger partial charge < -0.3 is 111 Å². The SMILES string of the molecule is CCC(=O)CCCCCNC(=O)CN(CC(=O)NCCCCCCN(CC(=O)NCCO[C@H]1O[C@H](CO)[C@@H](O)[C@H](O)[C@@H]1O)CC(=O)NCCO[C@H]1O[C@H](CO)[C@@H](O)[C@H](O)[C@@H]1O)CC(=O)NCCCCCC(=O)CCCO[C@@H]1O[C@@H](C)[C@@H](O)[C@@H](O)[C@@H]1O. The van der Waals surface area contributed by atoms with E-state index in [1.54, 1.807) is 11.8 Å². The van der Waals surface area contributed by atoms with Crippen LogP contribution in [-0.2, 0) is 62.0 Å². The average Bonchev–Trinajstić information content (AvgIpc) is 2.56. The highest BCUT2D eigenvalue weighted by molar-refractivity contribution is 5.84. The molecule has 3 heterocycles. The second-order valence-electron chi connectivity index (χ2n) is 21.9. The predicted octanol–water partition coefficient (Wildman–Crippen LogP) is -6.34. The maximum absolute atomic E-state index is 13.2. The van der Waals surface area contributed by atoms with Crippen LogP contribution in [0.3, 0.4) is 0 Å². The lowest BCUT2D eigenvalue weighted by atomic mass is 9.99. The predicted molar refractivity (Wildman–Crippen MR) is 301 cm³/mol. The molecule has 31 nitrogen and oxygen atoms in total. The molecule has 0 spiro atoms. The molecule has 498 valence electrons. The van der Waals surface area contributed by atoms with Gasteiger partial charge in [-0.15, -0.1) is 0 Å². The van der Waals surface area contributed by atoms with Crippen molar-refractivity contribution in [2.24, 2.45) is 0 Å². The quantitative estimate of drug-likeness (QED) is 0.0252. The molecule has 0 bridgehead atoms. The van der Waals surface area contributed by atoms with Gasteiger partial charge in [0.15, 0.2) is 18.9 Å². The number of carbonyl (C=O) groups is 7. The topological polar surface area (TPSA) is 464 Å². The van der Waals surface area contributed by atoms with Crippen molar-refractivity contribution in [3.05, 3.63) is 0 Å². The summed E-state index contributed by atoms with van der Waals surface area (Å²) in [5.41, 5.74) is 0. The molecule has 31 heteroatoms. The summed E-state index contributed by atoms with van der Waals surface area (Å²) in [5.74, 6) is -2.03. The lowest BCUT2D eigenvalue weighted by Crippen LogP contribution is -2.59. The molecule has 3 saturated heterocycles. The monoisotopic (exact) mass is 1240 g/mol. The molecule has 15 atom stereocenters. The van der Waals surface area contributed by atoms with Crippen molar-refractivity contribution >= 4 is 41.1 Å². The number of Topliss-reactive ketones (excluding diaryl/α,β-unsaturated/α-hetero) is 2. The maximum Gasteiger partial charge on any atom is 0.234 e. The Hall–Kier alpha value is -4.07. The molecule has 0 radical (unpaired) electrons. The summed E-state index contributed by atoms with van der Waals surface area (Å²) in [6.07, 6.45) is -12.8. The smallest absolute Gasteiger partial charge is 0.234 e. The first kappa shape index (κ1) is 76.2. The van der Waals surface area contributed by atoms with Gasteiger partial charge in [-0.3, -0.25) is 43.4 Å². The Morgan fingerprint density at radius 2 is 0.733 bits per heavy atom. The van der Waals surface area contributed by atoms with Crippen molar-refractivity contribution in [1.82, 2.24) is 36.4 Å². The fraction of sp³-hybridized carbons (Fsp3) is 0.873. The molecule has 3 rings (SSSR count). The fourth-order valence-electron chi connectivity index (χ4n) is 9.48. The van der Waals surface area contributed by atoms with E-state index in [4.69, 9.17) is 28.4 Å². The molecule has 3 aliphatic rings. The van der Waals surface area contributed by atoms with Crippen LogP contribution in [0.15, 0.2) is 0 Å². The number of unbranched alkanes of at least 4 members (excludes halogenated alkanes) is 7. The van der Waals surface area contributed by atoms with E-state index in [9.17, 15) is 89.7 Å². The zero-order valence-corrected chi connectivity index (χ0v) is 49.7. The van der Waals surface area contributed by atoms with Crippen LogP contribution >= 0.6 is 0 Å². The molecule has 3 fully saturated rings. The van der Waals surface area contributed by atoms with Gasteiger partial charge in [0.1, 0.15) is 78.7 Å². The van der Waals surface area contributed by atoms with Crippen LogP contribution in [0, 0.1) is 0 Å². The molecule has 86 heavy (non-hydrogen) atoms. The van der Waals surface area contributed by atoms with Gasteiger partial charge in [0.2, 0.25) is 29.5 Å². The van der Waals surface area contributed by atoms with E-state index in [-0.39, 0.29) is 103 Å². The average molecular weight is 1240 g/mol. The van der Waals surface area contributed by atoms with E-state index in [0.717, 1.165) is 6.42 Å². The number of rotatable bonds is 45. The molecule has 0 aromatic heterocycles. The zero-order chi connectivity index (χ0) is 63.6. The summed E-state index contributed by atoms with van der Waals surface area (Å²) < 4.78 is 32.4. The fourth-order valence-corrected chi connectivity index (χ4v) is 9.48. The van der Waals surface area contributed by atoms with E-state index in [1.165, 1.54) is 4.90 Å². The Morgan fingerprint density at radius 3 is 1.16 bits per heavy atom. The summed E-state index contributed by atoms with van der Waals surface area (Å²) in [4.78, 5) is 92.5. The standard InChI is InChI=1S/C55H99N7O24/c1-3-35(65)15-8-6-11-19-57-42(70)30-62(31-43(71)58-20-12-7-9-16-36(66)17-14-24-81-53-50(78)47(75)44(72)34(2)84-53)29-41(69)56-18-10-4-5-13-23-61(27-39(67)59-21-25-82-54-51(79)48(76)45(73)37(32-63)85-54)28-40(68)60-22-26-83-55-52(80)49(77)46(74)38(33-64)86-55/h34,37-38,44-55,63-64,72-80H,3-33H2,1-2H3,(H,56,69)(H,57,70)(H,58,71)(H,59,67)(H,60,68)/t34-,37+,38+,44+,45+,46+,47+,48-,49-,50-,51-,52-,53+,54-,55-/m0/s1. The number of hydrogen-bond donors (Lipinski definition) is 16. The van der Waals surface area contributed by atoms with Crippen LogP contribution in [0.1, 0.15) is 110 Å². The molecule has 3 aliphatic heterocycles. The molecule has 0 aliphatic carbocycles. The second kappa shape index (κ2) is 42.8. The van der Waals surface area contributed by atoms with Crippen LogP contribution in [0.2, 0.25) is 0 Å². The molecule has 0 saturated carbocycles. The number of nitrogens with one attached hydrogen (secondary N) is 5. The number of ether oxygens (including phenoxy) is 6. The molecule has 0 aromatic carbocycles. The summed E-state index contributed by atoms with van der Waals surface area (Å²) in [6, 6.07) is 0. The molecule has 0 unspecified atom stereocenters. The first-order chi connectivity index (χ1) is 41.1. The highest BCUT2D eigenvalue weighted by atomic mass is 16.7. The first-order valence-corrected chi connectivity index (χ1v) is 30.1. The van der Waals surface area contributed by atoms with E-state index >= 15 is 0 Å². The Morgan fingerprint density at radius 1 is 0.384 bits per heavy atom. The van der Waals surface area contributed by atoms with Gasteiger partial charge in [-0.25, -0.2) is 0 Å². The third kappa shape index (κ3) is 29.0. The van der Waals surface area contributed by atoms with Crippen LogP contribution in [0.25, 0.3) is 0 Å². The van der Waals surface area contributed by atoms with Crippen LogP contribution in [0.5, 0.6) is 0 Å². The summed E-state index contributed by atoms with van der Waals surface area (Å²) in [6.45, 7) is 1.55.